The third-order valence-corrected chi connectivity index (χ3v) is 5.99. The van der Waals surface area contributed by atoms with E-state index in [0.29, 0.717) is 39.2 Å². The van der Waals surface area contributed by atoms with Crippen molar-refractivity contribution in [3.05, 3.63) is 88.5 Å². The first-order chi connectivity index (χ1) is 16.5. The van der Waals surface area contributed by atoms with E-state index in [1.807, 2.05) is 0 Å². The summed E-state index contributed by atoms with van der Waals surface area (Å²) in [6.07, 6.45) is 0.0496. The van der Waals surface area contributed by atoms with Crippen LogP contribution in [-0.2, 0) is 11.2 Å². The van der Waals surface area contributed by atoms with Gasteiger partial charge in [0.15, 0.2) is 17.3 Å². The van der Waals surface area contributed by atoms with Crippen molar-refractivity contribution < 1.29 is 24.2 Å². The van der Waals surface area contributed by atoms with Crippen LogP contribution in [0.15, 0.2) is 66.2 Å². The van der Waals surface area contributed by atoms with Crippen LogP contribution in [0.1, 0.15) is 27.0 Å². The molecule has 0 unspecified atom stereocenters. The predicted octanol–water partition coefficient (Wildman–Crippen LogP) is 4.26. The van der Waals surface area contributed by atoms with Gasteiger partial charge in [0.05, 0.1) is 28.9 Å². The van der Waals surface area contributed by atoms with Gasteiger partial charge in [-0.25, -0.2) is 4.79 Å². The van der Waals surface area contributed by atoms with Crippen molar-refractivity contribution in [2.45, 2.75) is 6.42 Å². The second kappa shape index (κ2) is 8.77. The molecule has 0 amide bonds. The summed E-state index contributed by atoms with van der Waals surface area (Å²) in [5.41, 5.74) is 2.97. The van der Waals surface area contributed by atoms with Crippen molar-refractivity contribution in [1.82, 2.24) is 8.75 Å². The first-order valence-corrected chi connectivity index (χ1v) is 10.9. The zero-order valence-electron chi connectivity index (χ0n) is 17.5. The average molecular weight is 469 g/mol. The number of carbonyl (C=O) groups excluding carboxylic acids is 1. The van der Waals surface area contributed by atoms with E-state index in [2.05, 4.69) is 14.8 Å². The molecule has 2 heterocycles. The molecule has 3 aromatic carbocycles. The molecule has 34 heavy (non-hydrogen) atoms. The van der Waals surface area contributed by atoms with Crippen LogP contribution in [-0.4, -0.2) is 32.4 Å². The van der Waals surface area contributed by atoms with E-state index >= 15 is 0 Å². The summed E-state index contributed by atoms with van der Waals surface area (Å²) < 4.78 is 19.1. The van der Waals surface area contributed by atoms with E-state index in [1.54, 1.807) is 60.7 Å². The van der Waals surface area contributed by atoms with Gasteiger partial charge in [-0.15, -0.1) is 0 Å². The lowest BCUT2D eigenvalue weighted by atomic mass is 9.89. The van der Waals surface area contributed by atoms with Gasteiger partial charge in [0, 0.05) is 17.6 Å². The van der Waals surface area contributed by atoms with Gasteiger partial charge in [0.2, 0.25) is 6.79 Å². The minimum absolute atomic E-state index is 0.0496. The van der Waals surface area contributed by atoms with Crippen LogP contribution in [0.4, 0.5) is 0 Å². The Balaban J connectivity index is 1.67. The van der Waals surface area contributed by atoms with Gasteiger partial charge in [-0.2, -0.15) is 14.0 Å². The zero-order valence-corrected chi connectivity index (χ0v) is 18.3. The smallest absolute Gasteiger partial charge is 0.336 e. The largest absolute Gasteiger partial charge is 0.478 e. The molecular formula is C25H15N3O5S. The second-order valence-corrected chi connectivity index (χ2v) is 8.04. The van der Waals surface area contributed by atoms with Gasteiger partial charge >= 0.3 is 5.97 Å². The van der Waals surface area contributed by atoms with Gasteiger partial charge in [-0.1, -0.05) is 18.2 Å². The summed E-state index contributed by atoms with van der Waals surface area (Å²) in [6.45, 7) is 0.0585. The summed E-state index contributed by atoms with van der Waals surface area (Å²) >= 11 is 1.03. The number of nitriles is 1. The van der Waals surface area contributed by atoms with Crippen molar-refractivity contribution in [1.29, 1.82) is 5.26 Å². The van der Waals surface area contributed by atoms with Crippen molar-refractivity contribution in [2.75, 3.05) is 6.79 Å². The molecule has 0 aliphatic carbocycles. The van der Waals surface area contributed by atoms with Gasteiger partial charge in [-0.05, 0) is 53.6 Å². The molecule has 8 nitrogen and oxygen atoms in total. The Morgan fingerprint density at radius 2 is 1.68 bits per heavy atom. The average Bonchev–Trinajstić information content (AvgIpc) is 3.52. The molecule has 1 aliphatic heterocycles. The number of carboxylic acids is 1. The fourth-order valence-electron chi connectivity index (χ4n) is 3.76. The SMILES string of the molecule is N#Cc1ccc(C/C(C(=O)c2ccc3c(c2)OCO3)=C(\C(=O)O)c2ccc3nsnc3c2)cc1. The fraction of sp³-hybridized carbons (Fsp3) is 0.0800. The molecule has 166 valence electrons. The topological polar surface area (TPSA) is 122 Å². The standard InChI is InChI=1S/C25H15N3O5S/c26-12-15-3-1-14(2-4-15)9-18(24(29)17-6-8-21-22(11-17)33-13-32-21)23(25(30)31)16-5-7-19-20(10-16)28-34-27-19/h1-8,10-11H,9,13H2,(H,30,31)/b23-18+. The minimum atomic E-state index is -1.24. The Kier molecular flexibility index (Phi) is 5.49. The monoisotopic (exact) mass is 469 g/mol. The third kappa shape index (κ3) is 3.98. The number of carbonyl (C=O) groups is 2. The number of benzene rings is 3. The van der Waals surface area contributed by atoms with Crippen LogP contribution in [0.2, 0.25) is 0 Å². The number of fused-ring (bicyclic) bond motifs is 2. The van der Waals surface area contributed by atoms with E-state index in [1.165, 1.54) is 0 Å². The molecule has 0 saturated heterocycles. The number of allylic oxidation sites excluding steroid dienone is 1. The molecule has 1 aromatic heterocycles. The number of nitrogens with zero attached hydrogens (tertiary/aromatic N) is 3. The van der Waals surface area contributed by atoms with Gasteiger partial charge < -0.3 is 14.6 Å². The van der Waals surface area contributed by atoms with Gasteiger partial charge in [0.25, 0.3) is 0 Å². The first-order valence-electron chi connectivity index (χ1n) is 10.2. The van der Waals surface area contributed by atoms with Crippen LogP contribution in [0.3, 0.4) is 0 Å². The molecule has 0 spiro atoms. The van der Waals surface area contributed by atoms with Crippen molar-refractivity contribution in [3.63, 3.8) is 0 Å². The molecule has 1 N–H and O–H groups in total. The number of carboxylic acid groups (broad SMARTS) is 1. The summed E-state index contributed by atoms with van der Waals surface area (Å²) in [5, 5.41) is 19.3. The molecule has 5 rings (SSSR count). The van der Waals surface area contributed by atoms with Crippen LogP contribution in [0.25, 0.3) is 16.6 Å². The molecule has 0 radical (unpaired) electrons. The Morgan fingerprint density at radius 3 is 2.44 bits per heavy atom. The van der Waals surface area contributed by atoms with E-state index in [4.69, 9.17) is 14.7 Å². The number of ether oxygens (including phenoxy) is 2. The number of hydrogen-bond acceptors (Lipinski definition) is 8. The van der Waals surface area contributed by atoms with Gasteiger partial charge in [0.1, 0.15) is 11.0 Å². The van der Waals surface area contributed by atoms with Crippen molar-refractivity contribution >= 4 is 40.1 Å². The quantitative estimate of drug-likeness (QED) is 0.328. The van der Waals surface area contributed by atoms with E-state index in [9.17, 15) is 14.7 Å². The number of hydrogen-bond donors (Lipinski definition) is 1. The normalized spacial score (nSPS) is 12.8. The Labute approximate surface area is 197 Å². The van der Waals surface area contributed by atoms with Crippen molar-refractivity contribution in [3.8, 4) is 17.6 Å². The summed E-state index contributed by atoms with van der Waals surface area (Å²) in [6, 6.07) is 18.4. The van der Waals surface area contributed by atoms with Crippen molar-refractivity contribution in [2.24, 2.45) is 0 Å². The van der Waals surface area contributed by atoms with Crippen LogP contribution < -0.4 is 9.47 Å². The maximum atomic E-state index is 13.7. The number of aromatic nitrogens is 2. The number of rotatable bonds is 6. The molecule has 0 bridgehead atoms. The van der Waals surface area contributed by atoms with E-state index in [0.717, 1.165) is 11.7 Å². The lowest BCUT2D eigenvalue weighted by Gasteiger charge is -2.13. The molecule has 0 atom stereocenters. The maximum absolute atomic E-state index is 13.7. The highest BCUT2D eigenvalue weighted by atomic mass is 32.1. The summed E-state index contributed by atoms with van der Waals surface area (Å²) in [5.74, 6) is -0.735. The highest BCUT2D eigenvalue weighted by Gasteiger charge is 2.26. The third-order valence-electron chi connectivity index (χ3n) is 5.43. The van der Waals surface area contributed by atoms with E-state index < -0.39 is 11.8 Å². The van der Waals surface area contributed by atoms with Gasteiger partial charge in [-0.3, -0.25) is 4.79 Å². The summed E-state index contributed by atoms with van der Waals surface area (Å²) in [7, 11) is 0. The highest BCUT2D eigenvalue weighted by molar-refractivity contribution is 7.00. The molecule has 9 heteroatoms. The molecule has 4 aromatic rings. The summed E-state index contributed by atoms with van der Waals surface area (Å²) in [4.78, 5) is 26.2. The zero-order chi connectivity index (χ0) is 23.7. The second-order valence-electron chi connectivity index (χ2n) is 7.51. The lowest BCUT2D eigenvalue weighted by Crippen LogP contribution is -2.14. The number of aliphatic carboxylic acids is 1. The maximum Gasteiger partial charge on any atom is 0.336 e. The Morgan fingerprint density at radius 1 is 0.941 bits per heavy atom. The van der Waals surface area contributed by atoms with Crippen LogP contribution >= 0.6 is 11.7 Å². The molecular weight excluding hydrogens is 454 g/mol. The van der Waals surface area contributed by atoms with E-state index in [-0.39, 0.29) is 29.9 Å². The van der Waals surface area contributed by atoms with Crippen LogP contribution in [0, 0.1) is 11.3 Å². The fourth-order valence-corrected chi connectivity index (χ4v) is 4.28. The molecule has 0 saturated carbocycles. The Bertz CT molecular complexity index is 1520. The Hall–Kier alpha value is -4.55. The molecule has 1 aliphatic rings. The van der Waals surface area contributed by atoms with Crippen LogP contribution in [0.5, 0.6) is 11.5 Å². The number of Topliss-reactive ketones (excluding diaryl/α,β-unsaturated/α-hetero) is 1. The molecule has 0 fully saturated rings. The first kappa shape index (κ1) is 21.3. The lowest BCUT2D eigenvalue weighted by molar-refractivity contribution is -0.130. The highest BCUT2D eigenvalue weighted by Crippen LogP contribution is 2.34. The number of ketones is 1. The minimum Gasteiger partial charge on any atom is -0.478 e. The predicted molar refractivity (Wildman–Crippen MR) is 124 cm³/mol.